The normalized spacial score (nSPS) is 14.5. The number of Topliss-reactive ketones (excluding diaryl/α,β-unsaturated/α-hetero) is 1. The number of hydrogen-bond donors (Lipinski definition) is 1. The highest BCUT2D eigenvalue weighted by Crippen LogP contribution is 2.21. The molecular weight excluding hydrogens is 224 g/mol. The Labute approximate surface area is 99.8 Å². The molecule has 0 spiro atoms. The predicted octanol–water partition coefficient (Wildman–Crippen LogP) is 2.97. The van der Waals surface area contributed by atoms with Gasteiger partial charge in [-0.1, -0.05) is 19.4 Å². The van der Waals surface area contributed by atoms with Gasteiger partial charge in [0, 0.05) is 0 Å². The molecule has 0 aromatic heterocycles. The average Bonchev–Trinajstić information content (AvgIpc) is 2.25. The average molecular weight is 241 g/mol. The van der Waals surface area contributed by atoms with E-state index < -0.39 is 23.0 Å². The van der Waals surface area contributed by atoms with Gasteiger partial charge in [-0.05, 0) is 31.9 Å². The maximum Gasteiger partial charge on any atom is 0.185 e. The molecule has 1 atom stereocenters. The molecule has 1 unspecified atom stereocenters. The Balaban J connectivity index is 3.18. The van der Waals surface area contributed by atoms with Gasteiger partial charge in [-0.2, -0.15) is 0 Å². The minimum absolute atomic E-state index is 0.174. The van der Waals surface area contributed by atoms with Crippen molar-refractivity contribution in [3.63, 3.8) is 0 Å². The summed E-state index contributed by atoms with van der Waals surface area (Å²) in [5.41, 5.74) is 4.57. The molecule has 0 aliphatic rings. The number of aryl methyl sites for hydroxylation is 1. The molecule has 2 N–H and O–H groups in total. The molecule has 0 aliphatic carbocycles. The van der Waals surface area contributed by atoms with E-state index in [1.165, 1.54) is 26.0 Å². The first-order chi connectivity index (χ1) is 7.81. The third-order valence-corrected chi connectivity index (χ3v) is 2.81. The molecule has 0 saturated carbocycles. The molecule has 1 aromatic rings. The van der Waals surface area contributed by atoms with Crippen molar-refractivity contribution in [2.45, 2.75) is 39.2 Å². The third kappa shape index (κ3) is 2.69. The second-order valence-electron chi connectivity index (χ2n) is 4.55. The van der Waals surface area contributed by atoms with Crippen LogP contribution in [-0.2, 0) is 0 Å². The Morgan fingerprint density at radius 3 is 2.47 bits per heavy atom. The van der Waals surface area contributed by atoms with Gasteiger partial charge in [0.05, 0.1) is 11.1 Å². The lowest BCUT2D eigenvalue weighted by molar-refractivity contribution is 0.0887. The van der Waals surface area contributed by atoms with Crippen molar-refractivity contribution in [3.8, 4) is 0 Å². The fourth-order valence-corrected chi connectivity index (χ4v) is 1.76. The lowest BCUT2D eigenvalue weighted by atomic mass is 9.87. The standard InChI is InChI=1S/C13H17F2NO/c1-4-7-13(3,16)12(17)9-6-5-8(2)10(14)11(9)15/h5-6H,4,7,16H2,1-3H3. The van der Waals surface area contributed by atoms with Crippen LogP contribution in [0.1, 0.15) is 42.6 Å². The molecular formula is C13H17F2NO. The van der Waals surface area contributed by atoms with Crippen LogP contribution in [0, 0.1) is 18.6 Å². The number of carbonyl (C=O) groups excluding carboxylic acids is 1. The Bertz CT molecular complexity index is 441. The van der Waals surface area contributed by atoms with E-state index in [-0.39, 0.29) is 11.1 Å². The molecule has 0 amide bonds. The quantitative estimate of drug-likeness (QED) is 0.823. The highest BCUT2D eigenvalue weighted by molar-refractivity contribution is 6.03. The zero-order chi connectivity index (χ0) is 13.2. The van der Waals surface area contributed by atoms with Crippen molar-refractivity contribution in [2.24, 2.45) is 5.73 Å². The Kier molecular flexibility index (Phi) is 3.98. The number of benzene rings is 1. The van der Waals surface area contributed by atoms with E-state index in [0.717, 1.165) is 0 Å². The molecule has 4 heteroatoms. The topological polar surface area (TPSA) is 43.1 Å². The van der Waals surface area contributed by atoms with Crippen LogP contribution in [0.4, 0.5) is 8.78 Å². The molecule has 0 radical (unpaired) electrons. The molecule has 0 bridgehead atoms. The number of rotatable bonds is 4. The van der Waals surface area contributed by atoms with E-state index in [1.807, 2.05) is 6.92 Å². The zero-order valence-electron chi connectivity index (χ0n) is 10.3. The predicted molar refractivity (Wildman–Crippen MR) is 62.9 cm³/mol. The van der Waals surface area contributed by atoms with Crippen molar-refractivity contribution in [2.75, 3.05) is 0 Å². The monoisotopic (exact) mass is 241 g/mol. The molecule has 0 heterocycles. The van der Waals surface area contributed by atoms with Crippen molar-refractivity contribution < 1.29 is 13.6 Å². The number of carbonyl (C=O) groups is 1. The lowest BCUT2D eigenvalue weighted by Gasteiger charge is -2.22. The van der Waals surface area contributed by atoms with Gasteiger partial charge in [-0.3, -0.25) is 4.79 Å². The van der Waals surface area contributed by atoms with Gasteiger partial charge in [-0.25, -0.2) is 8.78 Å². The summed E-state index contributed by atoms with van der Waals surface area (Å²) in [6.45, 7) is 4.86. The maximum atomic E-state index is 13.6. The fourth-order valence-electron chi connectivity index (χ4n) is 1.76. The lowest BCUT2D eigenvalue weighted by Crippen LogP contribution is -2.45. The second-order valence-corrected chi connectivity index (χ2v) is 4.55. The van der Waals surface area contributed by atoms with Crippen LogP contribution in [0.25, 0.3) is 0 Å². The van der Waals surface area contributed by atoms with Gasteiger partial charge in [-0.15, -0.1) is 0 Å². The van der Waals surface area contributed by atoms with Gasteiger partial charge < -0.3 is 5.73 Å². The number of ketones is 1. The molecule has 1 rings (SSSR count). The van der Waals surface area contributed by atoms with Crippen molar-refractivity contribution in [1.29, 1.82) is 0 Å². The van der Waals surface area contributed by atoms with Crippen LogP contribution in [0.5, 0.6) is 0 Å². The van der Waals surface area contributed by atoms with Crippen molar-refractivity contribution in [1.82, 2.24) is 0 Å². The van der Waals surface area contributed by atoms with Crippen LogP contribution in [0.3, 0.4) is 0 Å². The molecule has 17 heavy (non-hydrogen) atoms. The summed E-state index contributed by atoms with van der Waals surface area (Å²) < 4.78 is 27.0. The first-order valence-electron chi connectivity index (χ1n) is 5.59. The van der Waals surface area contributed by atoms with E-state index in [0.29, 0.717) is 12.8 Å². The van der Waals surface area contributed by atoms with Crippen molar-refractivity contribution in [3.05, 3.63) is 34.9 Å². The summed E-state index contributed by atoms with van der Waals surface area (Å²) in [6, 6.07) is 2.67. The summed E-state index contributed by atoms with van der Waals surface area (Å²) in [4.78, 5) is 12.0. The van der Waals surface area contributed by atoms with Gasteiger partial charge >= 0.3 is 0 Å². The fraction of sp³-hybridized carbons (Fsp3) is 0.462. The van der Waals surface area contributed by atoms with Crippen LogP contribution < -0.4 is 5.73 Å². The van der Waals surface area contributed by atoms with Crippen LogP contribution in [0.15, 0.2) is 12.1 Å². The highest BCUT2D eigenvalue weighted by Gasteiger charge is 2.31. The molecule has 0 fully saturated rings. The largest absolute Gasteiger partial charge is 0.319 e. The first-order valence-corrected chi connectivity index (χ1v) is 5.59. The smallest absolute Gasteiger partial charge is 0.185 e. The van der Waals surface area contributed by atoms with Crippen LogP contribution >= 0.6 is 0 Å². The summed E-state index contributed by atoms with van der Waals surface area (Å²) >= 11 is 0. The minimum atomic E-state index is -1.16. The summed E-state index contributed by atoms with van der Waals surface area (Å²) in [6.07, 6.45) is 1.13. The zero-order valence-corrected chi connectivity index (χ0v) is 10.3. The summed E-state index contributed by atoms with van der Waals surface area (Å²) in [7, 11) is 0. The van der Waals surface area contributed by atoms with E-state index in [9.17, 15) is 13.6 Å². The molecule has 0 saturated heterocycles. The van der Waals surface area contributed by atoms with E-state index in [1.54, 1.807) is 0 Å². The number of halogens is 2. The van der Waals surface area contributed by atoms with Crippen molar-refractivity contribution >= 4 is 5.78 Å². The first kappa shape index (κ1) is 13.8. The number of nitrogens with two attached hydrogens (primary N) is 1. The Morgan fingerprint density at radius 1 is 1.35 bits per heavy atom. The van der Waals surface area contributed by atoms with Crippen LogP contribution in [0.2, 0.25) is 0 Å². The van der Waals surface area contributed by atoms with Gasteiger partial charge in [0.1, 0.15) is 0 Å². The van der Waals surface area contributed by atoms with Gasteiger partial charge in [0.15, 0.2) is 17.4 Å². The SMILES string of the molecule is CCCC(C)(N)C(=O)c1ccc(C)c(F)c1F. The van der Waals surface area contributed by atoms with E-state index in [4.69, 9.17) is 5.73 Å². The van der Waals surface area contributed by atoms with Crippen LogP contribution in [-0.4, -0.2) is 11.3 Å². The summed E-state index contributed by atoms with van der Waals surface area (Å²) in [5, 5.41) is 0. The Hall–Kier alpha value is -1.29. The highest BCUT2D eigenvalue weighted by atomic mass is 19.2. The molecule has 94 valence electrons. The van der Waals surface area contributed by atoms with Gasteiger partial charge in [0.2, 0.25) is 0 Å². The molecule has 0 aliphatic heterocycles. The summed E-state index contributed by atoms with van der Waals surface area (Å²) in [5.74, 6) is -2.65. The Morgan fingerprint density at radius 2 is 1.94 bits per heavy atom. The molecule has 2 nitrogen and oxygen atoms in total. The number of hydrogen-bond acceptors (Lipinski definition) is 2. The second kappa shape index (κ2) is 4.92. The maximum absolute atomic E-state index is 13.6. The molecule has 1 aromatic carbocycles. The minimum Gasteiger partial charge on any atom is -0.319 e. The third-order valence-electron chi connectivity index (χ3n) is 2.81. The van der Waals surface area contributed by atoms with E-state index >= 15 is 0 Å². The van der Waals surface area contributed by atoms with E-state index in [2.05, 4.69) is 0 Å². The van der Waals surface area contributed by atoms with Gasteiger partial charge in [0.25, 0.3) is 0 Å².